The fourth-order valence-corrected chi connectivity index (χ4v) is 2.85. The summed E-state index contributed by atoms with van der Waals surface area (Å²) in [6.07, 6.45) is 5.41. The molecule has 1 atom stereocenters. The summed E-state index contributed by atoms with van der Waals surface area (Å²) in [5.74, 6) is 0.144. The highest BCUT2D eigenvalue weighted by Crippen LogP contribution is 2.26. The minimum Gasteiger partial charge on any atom is -0.393 e. The lowest BCUT2D eigenvalue weighted by atomic mass is 9.86. The van der Waals surface area contributed by atoms with Crippen LogP contribution < -0.4 is 5.32 Å². The molecule has 20 heavy (non-hydrogen) atoms. The number of rotatable bonds is 4. The van der Waals surface area contributed by atoms with Gasteiger partial charge in [0.15, 0.2) is 0 Å². The van der Waals surface area contributed by atoms with E-state index in [2.05, 4.69) is 17.2 Å². The lowest BCUT2D eigenvalue weighted by Crippen LogP contribution is -2.36. The Balaban J connectivity index is 2.00. The molecule has 1 fully saturated rings. The number of pyridine rings is 1. The molecule has 0 aliphatic heterocycles. The number of carbonyl (C=O) groups is 1. The van der Waals surface area contributed by atoms with Crippen LogP contribution in [0.2, 0.25) is 0 Å². The maximum absolute atomic E-state index is 12.3. The van der Waals surface area contributed by atoms with Crippen molar-refractivity contribution >= 4 is 5.91 Å². The molecule has 0 bridgehead atoms. The van der Waals surface area contributed by atoms with Crippen molar-refractivity contribution in [2.24, 2.45) is 5.92 Å². The first-order chi connectivity index (χ1) is 9.61. The molecule has 4 heteroatoms. The van der Waals surface area contributed by atoms with Gasteiger partial charge in [-0.2, -0.15) is 0 Å². The highest BCUT2D eigenvalue weighted by Gasteiger charge is 2.27. The predicted molar refractivity (Wildman–Crippen MR) is 78.1 cm³/mol. The first-order valence-corrected chi connectivity index (χ1v) is 7.51. The number of aryl methyl sites for hydroxylation is 1. The van der Waals surface area contributed by atoms with Crippen LogP contribution in [0.4, 0.5) is 0 Å². The van der Waals surface area contributed by atoms with E-state index in [1.165, 1.54) is 0 Å². The van der Waals surface area contributed by atoms with Gasteiger partial charge >= 0.3 is 0 Å². The first-order valence-electron chi connectivity index (χ1n) is 7.51. The minimum atomic E-state index is -0.223. The summed E-state index contributed by atoms with van der Waals surface area (Å²) in [5, 5.41) is 12.6. The second kappa shape index (κ2) is 6.84. The van der Waals surface area contributed by atoms with Gasteiger partial charge in [0.1, 0.15) is 0 Å². The molecule has 1 unspecified atom stereocenters. The van der Waals surface area contributed by atoms with Crippen LogP contribution in [0.25, 0.3) is 0 Å². The fourth-order valence-electron chi connectivity index (χ4n) is 2.85. The van der Waals surface area contributed by atoms with E-state index in [0.29, 0.717) is 0 Å². The topological polar surface area (TPSA) is 62.2 Å². The summed E-state index contributed by atoms with van der Waals surface area (Å²) in [7, 11) is 0. The molecular weight excluding hydrogens is 252 g/mol. The second-order valence-electron chi connectivity index (χ2n) is 5.68. The molecule has 0 radical (unpaired) electrons. The lowest BCUT2D eigenvalue weighted by molar-refractivity contribution is -0.127. The van der Waals surface area contributed by atoms with E-state index in [1.54, 1.807) is 6.20 Å². The molecule has 1 aromatic heterocycles. The Bertz CT molecular complexity index is 454. The van der Waals surface area contributed by atoms with Gasteiger partial charge in [-0.05, 0) is 50.7 Å². The van der Waals surface area contributed by atoms with Crippen LogP contribution in [0.1, 0.15) is 56.3 Å². The molecule has 1 amide bonds. The number of amides is 1. The first kappa shape index (κ1) is 15.0. The third kappa shape index (κ3) is 3.57. The maximum Gasteiger partial charge on any atom is 0.223 e. The van der Waals surface area contributed by atoms with Crippen molar-refractivity contribution in [1.82, 2.24) is 10.3 Å². The standard InChI is InChI=1S/C16H24N2O2/c1-3-14(15-11(2)5-4-10-17-15)18-16(20)12-6-8-13(19)9-7-12/h4-5,10,12-14,19H,3,6-9H2,1-2H3,(H,18,20). The van der Waals surface area contributed by atoms with E-state index in [0.717, 1.165) is 43.4 Å². The molecule has 1 aromatic rings. The van der Waals surface area contributed by atoms with Crippen molar-refractivity contribution in [3.63, 3.8) is 0 Å². The van der Waals surface area contributed by atoms with Gasteiger partial charge in [-0.1, -0.05) is 13.0 Å². The molecule has 1 saturated carbocycles. The van der Waals surface area contributed by atoms with Gasteiger partial charge < -0.3 is 10.4 Å². The van der Waals surface area contributed by atoms with Gasteiger partial charge in [-0.25, -0.2) is 0 Å². The summed E-state index contributed by atoms with van der Waals surface area (Å²) in [4.78, 5) is 16.7. The van der Waals surface area contributed by atoms with Gasteiger partial charge in [0.05, 0.1) is 17.8 Å². The van der Waals surface area contributed by atoms with E-state index >= 15 is 0 Å². The summed E-state index contributed by atoms with van der Waals surface area (Å²) < 4.78 is 0. The van der Waals surface area contributed by atoms with E-state index < -0.39 is 0 Å². The molecule has 2 N–H and O–H groups in total. The van der Waals surface area contributed by atoms with Crippen LogP contribution in [0, 0.1) is 12.8 Å². The van der Waals surface area contributed by atoms with E-state index in [9.17, 15) is 9.90 Å². The van der Waals surface area contributed by atoms with Gasteiger partial charge in [-0.15, -0.1) is 0 Å². The average molecular weight is 276 g/mol. The van der Waals surface area contributed by atoms with Crippen LogP contribution in [0.15, 0.2) is 18.3 Å². The van der Waals surface area contributed by atoms with Gasteiger partial charge in [-0.3, -0.25) is 9.78 Å². The maximum atomic E-state index is 12.3. The quantitative estimate of drug-likeness (QED) is 0.888. The zero-order chi connectivity index (χ0) is 14.5. The Morgan fingerprint density at radius 1 is 1.45 bits per heavy atom. The number of aliphatic hydroxyl groups excluding tert-OH is 1. The van der Waals surface area contributed by atoms with E-state index in [4.69, 9.17) is 0 Å². The van der Waals surface area contributed by atoms with Crippen molar-refractivity contribution in [3.8, 4) is 0 Å². The minimum absolute atomic E-state index is 0.0180. The highest BCUT2D eigenvalue weighted by atomic mass is 16.3. The molecular formula is C16H24N2O2. The third-order valence-electron chi connectivity index (χ3n) is 4.17. The lowest BCUT2D eigenvalue weighted by Gasteiger charge is -2.27. The third-order valence-corrected chi connectivity index (χ3v) is 4.17. The summed E-state index contributed by atoms with van der Waals surface area (Å²) in [5.41, 5.74) is 2.07. The van der Waals surface area contributed by atoms with Gasteiger partial charge in [0.25, 0.3) is 0 Å². The van der Waals surface area contributed by atoms with Crippen molar-refractivity contribution in [3.05, 3.63) is 29.6 Å². The van der Waals surface area contributed by atoms with Crippen molar-refractivity contribution in [2.45, 2.75) is 58.1 Å². The van der Waals surface area contributed by atoms with E-state index in [-0.39, 0.29) is 24.0 Å². The number of hydrogen-bond acceptors (Lipinski definition) is 3. The molecule has 0 spiro atoms. The van der Waals surface area contributed by atoms with Gasteiger partial charge in [0.2, 0.25) is 5.91 Å². The van der Waals surface area contributed by atoms with Crippen LogP contribution in [0.3, 0.4) is 0 Å². The zero-order valence-electron chi connectivity index (χ0n) is 12.3. The van der Waals surface area contributed by atoms with Gasteiger partial charge in [0, 0.05) is 12.1 Å². The Morgan fingerprint density at radius 3 is 2.75 bits per heavy atom. The number of aliphatic hydroxyl groups is 1. The Morgan fingerprint density at radius 2 is 2.15 bits per heavy atom. The number of carbonyl (C=O) groups excluding carboxylic acids is 1. The average Bonchev–Trinajstić information content (AvgIpc) is 2.46. The van der Waals surface area contributed by atoms with Crippen LogP contribution in [-0.4, -0.2) is 22.1 Å². The molecule has 0 aromatic carbocycles. The highest BCUT2D eigenvalue weighted by molar-refractivity contribution is 5.79. The Kier molecular flexibility index (Phi) is 5.12. The van der Waals surface area contributed by atoms with Crippen molar-refractivity contribution < 1.29 is 9.90 Å². The normalized spacial score (nSPS) is 24.1. The number of aromatic nitrogens is 1. The monoisotopic (exact) mass is 276 g/mol. The Hall–Kier alpha value is -1.42. The smallest absolute Gasteiger partial charge is 0.223 e. The van der Waals surface area contributed by atoms with Crippen molar-refractivity contribution in [2.75, 3.05) is 0 Å². The fraction of sp³-hybridized carbons (Fsp3) is 0.625. The van der Waals surface area contributed by atoms with Crippen LogP contribution in [-0.2, 0) is 4.79 Å². The summed E-state index contributed by atoms with van der Waals surface area (Å²) >= 11 is 0. The SMILES string of the molecule is CCC(NC(=O)C1CCC(O)CC1)c1ncccc1C. The van der Waals surface area contributed by atoms with Crippen LogP contribution in [0.5, 0.6) is 0 Å². The molecule has 110 valence electrons. The van der Waals surface area contributed by atoms with E-state index in [1.807, 2.05) is 19.1 Å². The summed E-state index contributed by atoms with van der Waals surface area (Å²) in [6, 6.07) is 3.92. The molecule has 1 aliphatic rings. The van der Waals surface area contributed by atoms with Crippen LogP contribution >= 0.6 is 0 Å². The zero-order valence-corrected chi connectivity index (χ0v) is 12.3. The molecule has 4 nitrogen and oxygen atoms in total. The summed E-state index contributed by atoms with van der Waals surface area (Å²) in [6.45, 7) is 4.08. The number of hydrogen-bond donors (Lipinski definition) is 2. The largest absolute Gasteiger partial charge is 0.393 e. The molecule has 2 rings (SSSR count). The molecule has 1 aliphatic carbocycles. The molecule has 1 heterocycles. The predicted octanol–water partition coefficient (Wildman–Crippen LogP) is 2.51. The Labute approximate surface area is 120 Å². The number of nitrogens with zero attached hydrogens (tertiary/aromatic N) is 1. The number of nitrogens with one attached hydrogen (secondary N) is 1. The van der Waals surface area contributed by atoms with Crippen molar-refractivity contribution in [1.29, 1.82) is 0 Å². The second-order valence-corrected chi connectivity index (χ2v) is 5.68. The molecule has 0 saturated heterocycles.